The Hall–Kier alpha value is -1.58. The number of hydroxylamine groups is 1. The molecular weight excluding hydrogens is 667 g/mol. The number of nitroso groups, excluding NO2 is 1. The van der Waals surface area contributed by atoms with E-state index in [-0.39, 0.29) is 27.7 Å². The molecule has 1 aliphatic heterocycles. The van der Waals surface area contributed by atoms with Gasteiger partial charge in [0.2, 0.25) is 11.2 Å². The Morgan fingerprint density at radius 3 is 1.45 bits per heavy atom. The number of halogens is 8. The molecule has 40 heavy (non-hydrogen) atoms. The Bertz CT molecular complexity index is 937. The van der Waals surface area contributed by atoms with Crippen molar-refractivity contribution in [1.82, 2.24) is 14.8 Å². The molecule has 21 heteroatoms. The predicted octanol–water partition coefficient (Wildman–Crippen LogP) is 6.36. The van der Waals surface area contributed by atoms with Crippen LogP contribution < -0.4 is 0 Å². The second kappa shape index (κ2) is 16.8. The van der Waals surface area contributed by atoms with Gasteiger partial charge in [0.15, 0.2) is 0 Å². The minimum absolute atomic E-state index is 0. The minimum atomic E-state index is -10.7. The Kier molecular flexibility index (Phi) is 19.0. The summed E-state index contributed by atoms with van der Waals surface area (Å²) in [7, 11) is -2.31. The van der Waals surface area contributed by atoms with Gasteiger partial charge in [-0.25, -0.2) is 4.98 Å². The molecular formula is C19H34Cl2F6N6NiO5P+2. The Balaban J connectivity index is -0.000000238. The van der Waals surface area contributed by atoms with Crippen molar-refractivity contribution in [2.24, 2.45) is 0 Å². The molecule has 0 saturated carbocycles. The van der Waals surface area contributed by atoms with Crippen molar-refractivity contribution in [3.8, 4) is 0 Å². The first-order valence-corrected chi connectivity index (χ1v) is 13.6. The van der Waals surface area contributed by atoms with Crippen LogP contribution in [-0.4, -0.2) is 92.9 Å². The molecule has 0 atom stereocenters. The fraction of sp³-hybridized carbons (Fsp3) is 0.684. The maximum atomic E-state index is 12.3. The molecule has 1 radical (unpaired) electrons. The van der Waals surface area contributed by atoms with Crippen molar-refractivity contribution in [2.45, 2.75) is 38.8 Å². The number of pyridine rings is 1. The maximum absolute atomic E-state index is 12.3. The topological polar surface area (TPSA) is 132 Å². The average Bonchev–Trinajstić information content (AvgIpc) is 2.82. The Morgan fingerprint density at radius 1 is 0.925 bits per heavy atom. The number of alkyl halides is 2. The van der Waals surface area contributed by atoms with Gasteiger partial charge in [0.1, 0.15) is 4.76 Å². The van der Waals surface area contributed by atoms with Crippen LogP contribution in [0.3, 0.4) is 0 Å². The molecule has 1 aromatic heterocycles. The van der Waals surface area contributed by atoms with Gasteiger partial charge in [0.25, 0.3) is 5.54 Å². The molecule has 0 saturated heterocycles. The quantitative estimate of drug-likeness (QED) is 0.0518. The maximum Gasteiger partial charge on any atom is 3.00 e. The van der Waals surface area contributed by atoms with Gasteiger partial charge in [-0.2, -0.15) is 0 Å². The summed E-state index contributed by atoms with van der Waals surface area (Å²) in [5, 5.41) is 27.2. The summed E-state index contributed by atoms with van der Waals surface area (Å²) in [6.07, 6.45) is 1.57. The second-order valence-corrected chi connectivity index (χ2v) is 11.9. The van der Waals surface area contributed by atoms with Crippen LogP contribution in [0.25, 0.3) is 0 Å². The fourth-order valence-corrected chi connectivity index (χ4v) is 2.21. The molecule has 0 spiro atoms. The number of likely N-dealkylation sites (N-methyl/N-ethyl adjacent to an activating group) is 2. The third-order valence-corrected chi connectivity index (χ3v) is 4.79. The van der Waals surface area contributed by atoms with Gasteiger partial charge in [0, 0.05) is 51.9 Å². The predicted molar refractivity (Wildman–Crippen MR) is 141 cm³/mol. The molecule has 0 amide bonds. The summed E-state index contributed by atoms with van der Waals surface area (Å²) in [5.74, 6) is 0.0839. The first-order chi connectivity index (χ1) is 17.0. The summed E-state index contributed by atoms with van der Waals surface area (Å²) < 4.78 is 60.7. The third-order valence-electron chi connectivity index (χ3n) is 4.79. The summed E-state index contributed by atoms with van der Waals surface area (Å²) in [5.41, 5.74) is -1.17. The average molecular weight is 701 g/mol. The van der Waals surface area contributed by atoms with Gasteiger partial charge < -0.3 is 30.3 Å². The van der Waals surface area contributed by atoms with E-state index in [1.54, 1.807) is 52.1 Å². The normalized spacial score (nSPS) is 16.7. The van der Waals surface area contributed by atoms with Crippen LogP contribution in [-0.2, 0) is 16.5 Å². The van der Waals surface area contributed by atoms with E-state index in [2.05, 4.69) is 43.0 Å². The summed E-state index contributed by atoms with van der Waals surface area (Å²) in [6, 6.07) is 5.18. The van der Waals surface area contributed by atoms with Crippen LogP contribution >= 0.6 is 31.0 Å². The minimum Gasteiger partial charge on any atom is -0.356 e. The summed E-state index contributed by atoms with van der Waals surface area (Å²) >= 11 is 9.53. The van der Waals surface area contributed by atoms with E-state index in [1.165, 1.54) is 0 Å². The van der Waals surface area contributed by atoms with Crippen LogP contribution in [0.1, 0.15) is 33.4 Å². The van der Waals surface area contributed by atoms with Crippen LogP contribution in [0.4, 0.5) is 25.2 Å². The van der Waals surface area contributed by atoms with E-state index in [4.69, 9.17) is 38.5 Å². The van der Waals surface area contributed by atoms with Crippen molar-refractivity contribution < 1.29 is 56.3 Å². The van der Waals surface area contributed by atoms with E-state index in [1.807, 2.05) is 0 Å². The van der Waals surface area contributed by atoms with Crippen LogP contribution in [0.5, 0.6) is 0 Å². The zero-order valence-corrected chi connectivity index (χ0v) is 26.3. The third kappa shape index (κ3) is 23.2. The smallest absolute Gasteiger partial charge is 0.356 e. The molecule has 0 bridgehead atoms. The SMILES string of the molecule is CC1(C)[N+](=O)C(c2ccccn2)=[N+]([O-])C1(C)C.CN(C)CCN(C)C.ClCCl.F[P-](F)(F)(F)(F)F.O=[N+]([O-])[O-].[Ni+3]. The first-order valence-electron chi connectivity index (χ1n) is 10.5. The first kappa shape index (κ1) is 45.4. The second-order valence-electron chi connectivity index (χ2n) is 9.13. The molecule has 0 N–H and O–H groups in total. The molecule has 0 aromatic carbocycles. The molecule has 239 valence electrons. The van der Waals surface area contributed by atoms with Gasteiger partial charge in [0.05, 0.1) is 10.4 Å². The van der Waals surface area contributed by atoms with Gasteiger partial charge in [-0.05, 0) is 40.3 Å². The number of hydrogen-bond donors (Lipinski definition) is 0. The number of rotatable bonds is 4. The Labute approximate surface area is 248 Å². The van der Waals surface area contributed by atoms with Gasteiger partial charge >= 0.3 is 55.3 Å². The van der Waals surface area contributed by atoms with Crippen LogP contribution in [0.2, 0.25) is 0 Å². The van der Waals surface area contributed by atoms with Crippen LogP contribution in [0.15, 0.2) is 24.4 Å². The number of amidine groups is 1. The van der Waals surface area contributed by atoms with E-state index in [0.717, 1.165) is 22.6 Å². The monoisotopic (exact) mass is 699 g/mol. The zero-order valence-electron chi connectivity index (χ0n) is 22.9. The Morgan fingerprint density at radius 2 is 1.25 bits per heavy atom. The van der Waals surface area contributed by atoms with Crippen molar-refractivity contribution in [3.63, 3.8) is 0 Å². The van der Waals surface area contributed by atoms with Crippen molar-refractivity contribution in [2.75, 3.05) is 46.6 Å². The molecule has 0 unspecified atom stereocenters. The van der Waals surface area contributed by atoms with Crippen molar-refractivity contribution in [1.29, 1.82) is 0 Å². The zero-order chi connectivity index (χ0) is 32.1. The largest absolute Gasteiger partial charge is 3.00 e. The van der Waals surface area contributed by atoms with Crippen LogP contribution in [0, 0.1) is 25.4 Å². The number of aromatic nitrogens is 1. The van der Waals surface area contributed by atoms with E-state index in [0.29, 0.717) is 5.69 Å². The van der Waals surface area contributed by atoms with E-state index >= 15 is 0 Å². The standard InChI is InChI=1S/C12H16N3O2.C6H16N2.CH2Cl2.F6P.NO3.Ni/c1-11(2)12(3,4)15(17)10(14(11)16)9-7-5-6-8-13-9;1-7(2)5-6-8(3)4;2-1-3;1-7(2,3,4,5)6;2-1(3)4;/h5-8H,1-4H3;5-6H2,1-4H3;1H2;;;/q+1;;;2*-1;+3. The summed E-state index contributed by atoms with van der Waals surface area (Å²) in [6.45, 7) is 9.35. The van der Waals surface area contributed by atoms with Crippen molar-refractivity contribution >= 4 is 36.8 Å². The molecule has 1 aliphatic rings. The van der Waals surface area contributed by atoms with Gasteiger partial charge in [-0.3, -0.25) is 0 Å². The molecule has 2 heterocycles. The van der Waals surface area contributed by atoms with E-state index in [9.17, 15) is 35.3 Å². The number of nitrogens with zero attached hydrogens (tertiary/aromatic N) is 6. The number of hydrogen-bond acceptors (Lipinski definition) is 8. The summed E-state index contributed by atoms with van der Waals surface area (Å²) in [4.78, 5) is 28.9. The molecule has 11 nitrogen and oxygen atoms in total. The van der Waals surface area contributed by atoms with E-state index < -0.39 is 24.0 Å². The van der Waals surface area contributed by atoms with Crippen molar-refractivity contribution in [3.05, 3.63) is 55.5 Å². The van der Waals surface area contributed by atoms with Gasteiger partial charge in [-0.1, -0.05) is 6.07 Å². The molecule has 0 aliphatic carbocycles. The fourth-order valence-electron chi connectivity index (χ4n) is 2.21. The molecule has 1 aromatic rings. The molecule has 2 rings (SSSR count). The molecule has 0 fully saturated rings. The van der Waals surface area contributed by atoms with Gasteiger partial charge in [-0.15, -0.1) is 27.9 Å².